The van der Waals surface area contributed by atoms with Crippen LogP contribution in [-0.4, -0.2) is 31.7 Å². The lowest BCUT2D eigenvalue weighted by molar-refractivity contribution is -0.119. The van der Waals surface area contributed by atoms with Crippen LogP contribution < -0.4 is 15.5 Å². The molecule has 1 aromatic rings. The molecule has 0 bridgehead atoms. The highest BCUT2D eigenvalue weighted by atomic mass is 16.2. The number of piperazine rings is 1. The molecule has 2 aliphatic heterocycles. The van der Waals surface area contributed by atoms with E-state index < -0.39 is 0 Å². The van der Waals surface area contributed by atoms with Crippen LogP contribution in [0, 0.1) is 0 Å². The van der Waals surface area contributed by atoms with Crippen molar-refractivity contribution in [2.75, 3.05) is 24.5 Å². The second-order valence-electron chi connectivity index (χ2n) is 4.57. The van der Waals surface area contributed by atoms with Gasteiger partial charge >= 0.3 is 0 Å². The number of aryl methyl sites for hydroxylation is 1. The summed E-state index contributed by atoms with van der Waals surface area (Å²) in [5.74, 6) is 0.227. The fourth-order valence-electron chi connectivity index (χ4n) is 2.62. The number of nitrogens with zero attached hydrogens (tertiary/aromatic N) is 1. The number of carbonyl (C=O) groups is 1. The average molecular weight is 231 g/mol. The Morgan fingerprint density at radius 1 is 1.18 bits per heavy atom. The van der Waals surface area contributed by atoms with Gasteiger partial charge in [0.2, 0.25) is 5.91 Å². The second-order valence-corrected chi connectivity index (χ2v) is 4.57. The van der Waals surface area contributed by atoms with Crippen LogP contribution in [0.1, 0.15) is 12.0 Å². The van der Waals surface area contributed by atoms with Gasteiger partial charge in [-0.25, -0.2) is 0 Å². The van der Waals surface area contributed by atoms with Gasteiger partial charge in [-0.1, -0.05) is 18.2 Å². The Kier molecular flexibility index (Phi) is 2.82. The number of nitrogens with one attached hydrogen (secondary N) is 2. The number of fused-ring (bicyclic) bond motifs is 1. The van der Waals surface area contributed by atoms with E-state index in [9.17, 15) is 4.79 Å². The highest BCUT2D eigenvalue weighted by molar-refractivity contribution is 5.96. The van der Waals surface area contributed by atoms with Crippen LogP contribution >= 0.6 is 0 Å². The quantitative estimate of drug-likeness (QED) is 0.739. The zero-order valence-corrected chi connectivity index (χ0v) is 9.78. The Bertz CT molecular complexity index is 426. The largest absolute Gasteiger partial charge is 0.312 e. The summed E-state index contributed by atoms with van der Waals surface area (Å²) in [7, 11) is 0. The highest BCUT2D eigenvalue weighted by Crippen LogP contribution is 2.28. The minimum Gasteiger partial charge on any atom is -0.312 e. The van der Waals surface area contributed by atoms with Crippen LogP contribution in [0.4, 0.5) is 5.69 Å². The molecule has 4 nitrogen and oxygen atoms in total. The molecule has 1 amide bonds. The van der Waals surface area contributed by atoms with Crippen molar-refractivity contribution in [1.29, 1.82) is 0 Å². The number of rotatable bonds is 1. The van der Waals surface area contributed by atoms with E-state index in [0.717, 1.165) is 31.7 Å². The Balaban J connectivity index is 1.94. The Labute approximate surface area is 101 Å². The third-order valence-electron chi connectivity index (χ3n) is 3.46. The molecule has 1 saturated heterocycles. The molecule has 2 heterocycles. The van der Waals surface area contributed by atoms with Crippen molar-refractivity contribution >= 4 is 11.6 Å². The lowest BCUT2D eigenvalue weighted by Gasteiger charge is -2.38. The van der Waals surface area contributed by atoms with Crippen LogP contribution in [0.5, 0.6) is 0 Å². The van der Waals surface area contributed by atoms with E-state index in [1.807, 2.05) is 23.1 Å². The maximum absolute atomic E-state index is 12.1. The standard InChI is InChI=1S/C13H17N3O/c17-13-6-5-10-3-1-2-4-11(10)16(13)12-9-14-7-8-15-12/h1-4,12,14-15H,5-9H2. The number of anilines is 1. The van der Waals surface area contributed by atoms with Crippen LogP contribution in [-0.2, 0) is 11.2 Å². The number of hydrogen-bond donors (Lipinski definition) is 2. The van der Waals surface area contributed by atoms with Gasteiger partial charge in [0.05, 0.1) is 6.17 Å². The van der Waals surface area contributed by atoms with Gasteiger partial charge in [-0.2, -0.15) is 0 Å². The Morgan fingerprint density at radius 3 is 2.88 bits per heavy atom. The molecule has 0 radical (unpaired) electrons. The third-order valence-corrected chi connectivity index (χ3v) is 3.46. The maximum atomic E-state index is 12.1. The van der Waals surface area contributed by atoms with E-state index in [1.54, 1.807) is 0 Å². The van der Waals surface area contributed by atoms with Gasteiger partial charge in [0.1, 0.15) is 0 Å². The van der Waals surface area contributed by atoms with Crippen molar-refractivity contribution in [2.24, 2.45) is 0 Å². The summed E-state index contributed by atoms with van der Waals surface area (Å²) < 4.78 is 0. The van der Waals surface area contributed by atoms with Crippen molar-refractivity contribution in [1.82, 2.24) is 10.6 Å². The highest BCUT2D eigenvalue weighted by Gasteiger charge is 2.30. The molecule has 1 unspecified atom stereocenters. The molecule has 0 saturated carbocycles. The fourth-order valence-corrected chi connectivity index (χ4v) is 2.62. The molecule has 0 spiro atoms. The summed E-state index contributed by atoms with van der Waals surface area (Å²) in [4.78, 5) is 14.0. The second kappa shape index (κ2) is 4.47. The molecule has 90 valence electrons. The van der Waals surface area contributed by atoms with Gasteiger partial charge in [-0.05, 0) is 18.1 Å². The van der Waals surface area contributed by atoms with Crippen molar-refractivity contribution < 1.29 is 4.79 Å². The average Bonchev–Trinajstić information content (AvgIpc) is 2.39. The first-order valence-electron chi connectivity index (χ1n) is 6.20. The predicted octanol–water partition coefficient (Wildman–Crippen LogP) is 0.485. The summed E-state index contributed by atoms with van der Waals surface area (Å²) >= 11 is 0. The Morgan fingerprint density at radius 2 is 2.06 bits per heavy atom. The summed E-state index contributed by atoms with van der Waals surface area (Å²) in [5, 5.41) is 6.73. The predicted molar refractivity (Wildman–Crippen MR) is 66.9 cm³/mol. The summed E-state index contributed by atoms with van der Waals surface area (Å²) in [6.45, 7) is 2.71. The van der Waals surface area contributed by atoms with Crippen LogP contribution in [0.25, 0.3) is 0 Å². The normalized spacial score (nSPS) is 24.6. The van der Waals surface area contributed by atoms with Gasteiger partial charge in [-0.3, -0.25) is 15.0 Å². The van der Waals surface area contributed by atoms with Crippen LogP contribution in [0.15, 0.2) is 24.3 Å². The van der Waals surface area contributed by atoms with Crippen molar-refractivity contribution in [2.45, 2.75) is 19.0 Å². The molecule has 2 aliphatic rings. The molecule has 0 aromatic heterocycles. The Hall–Kier alpha value is -1.39. The van der Waals surface area contributed by atoms with Crippen molar-refractivity contribution in [3.8, 4) is 0 Å². The molecule has 4 heteroatoms. The van der Waals surface area contributed by atoms with E-state index in [2.05, 4.69) is 16.7 Å². The molecule has 2 N–H and O–H groups in total. The third kappa shape index (κ3) is 1.94. The fraction of sp³-hybridized carbons (Fsp3) is 0.462. The molecular formula is C13H17N3O. The molecular weight excluding hydrogens is 214 g/mol. The lowest BCUT2D eigenvalue weighted by atomic mass is 10.0. The summed E-state index contributed by atoms with van der Waals surface area (Å²) in [6, 6.07) is 8.20. The minimum atomic E-state index is 0.0951. The number of carbonyl (C=O) groups excluding carboxylic acids is 1. The SMILES string of the molecule is O=C1CCc2ccccc2N1C1CNCCN1. The molecule has 17 heavy (non-hydrogen) atoms. The molecule has 1 fully saturated rings. The van der Waals surface area contributed by atoms with E-state index in [1.165, 1.54) is 5.56 Å². The number of hydrogen-bond acceptors (Lipinski definition) is 3. The maximum Gasteiger partial charge on any atom is 0.228 e. The van der Waals surface area contributed by atoms with Gasteiger partial charge in [0.15, 0.2) is 0 Å². The van der Waals surface area contributed by atoms with Gasteiger partial charge in [0.25, 0.3) is 0 Å². The summed E-state index contributed by atoms with van der Waals surface area (Å²) in [6.07, 6.45) is 1.58. The van der Waals surface area contributed by atoms with Gasteiger partial charge in [0, 0.05) is 31.7 Å². The molecule has 1 aromatic carbocycles. The van der Waals surface area contributed by atoms with E-state index in [4.69, 9.17) is 0 Å². The van der Waals surface area contributed by atoms with Crippen molar-refractivity contribution in [3.05, 3.63) is 29.8 Å². The first kappa shape index (κ1) is 10.7. The van der Waals surface area contributed by atoms with E-state index in [-0.39, 0.29) is 12.1 Å². The number of para-hydroxylation sites is 1. The van der Waals surface area contributed by atoms with Crippen LogP contribution in [0.3, 0.4) is 0 Å². The summed E-state index contributed by atoms with van der Waals surface area (Å²) in [5.41, 5.74) is 2.35. The monoisotopic (exact) mass is 231 g/mol. The van der Waals surface area contributed by atoms with E-state index >= 15 is 0 Å². The molecule has 1 atom stereocenters. The van der Waals surface area contributed by atoms with Crippen LogP contribution in [0.2, 0.25) is 0 Å². The number of amides is 1. The molecule has 3 rings (SSSR count). The number of benzene rings is 1. The lowest BCUT2D eigenvalue weighted by Crippen LogP contribution is -2.60. The topological polar surface area (TPSA) is 44.4 Å². The minimum absolute atomic E-state index is 0.0951. The van der Waals surface area contributed by atoms with Gasteiger partial charge in [-0.15, -0.1) is 0 Å². The first-order valence-corrected chi connectivity index (χ1v) is 6.20. The molecule has 0 aliphatic carbocycles. The zero-order valence-electron chi connectivity index (χ0n) is 9.78. The zero-order chi connectivity index (χ0) is 11.7. The smallest absolute Gasteiger partial charge is 0.228 e. The van der Waals surface area contributed by atoms with Crippen molar-refractivity contribution in [3.63, 3.8) is 0 Å². The van der Waals surface area contributed by atoms with E-state index in [0.29, 0.717) is 6.42 Å². The van der Waals surface area contributed by atoms with Gasteiger partial charge < -0.3 is 5.32 Å². The first-order chi connectivity index (χ1) is 8.36.